The Labute approximate surface area is 132 Å². The number of carbonyl (C=O) groups excluding carboxylic acids is 2. The molecule has 0 atom stereocenters. The molecule has 0 unspecified atom stereocenters. The number of amides is 1. The number of imidazole rings is 1. The summed E-state index contributed by atoms with van der Waals surface area (Å²) >= 11 is 0. The molecular formula is C16H15N3O4. The molecular weight excluding hydrogens is 298 g/mol. The standard InChI is InChI=1S/C16H15N3O4/c1-10(20)6-7-18-8-13-14(16(22)23)17-9-19(13)12-5-3-2-4-11(12)15(18)21/h2-5,9H,6-8H2,1H3,(H,22,23). The van der Waals surface area contributed by atoms with Crippen molar-refractivity contribution in [3.63, 3.8) is 0 Å². The quantitative estimate of drug-likeness (QED) is 0.923. The van der Waals surface area contributed by atoms with Gasteiger partial charge in [-0.05, 0) is 19.1 Å². The number of carboxylic acid groups (broad SMARTS) is 1. The predicted molar refractivity (Wildman–Crippen MR) is 80.6 cm³/mol. The van der Waals surface area contributed by atoms with Crippen molar-refractivity contribution >= 4 is 17.7 Å². The molecule has 0 saturated heterocycles. The molecule has 7 nitrogen and oxygen atoms in total. The highest BCUT2D eigenvalue weighted by molar-refractivity contribution is 5.99. The van der Waals surface area contributed by atoms with Crippen molar-refractivity contribution in [1.82, 2.24) is 14.5 Å². The molecule has 0 saturated carbocycles. The Morgan fingerprint density at radius 3 is 2.74 bits per heavy atom. The normalized spacial score (nSPS) is 13.3. The fourth-order valence-electron chi connectivity index (χ4n) is 2.67. The number of benzene rings is 1. The van der Waals surface area contributed by atoms with E-state index >= 15 is 0 Å². The maximum atomic E-state index is 12.7. The number of carboxylic acids is 1. The summed E-state index contributed by atoms with van der Waals surface area (Å²) in [6, 6.07) is 6.97. The van der Waals surface area contributed by atoms with E-state index in [0.717, 1.165) is 0 Å². The second-order valence-corrected chi connectivity index (χ2v) is 5.41. The van der Waals surface area contributed by atoms with Crippen LogP contribution in [0.4, 0.5) is 0 Å². The van der Waals surface area contributed by atoms with Crippen LogP contribution >= 0.6 is 0 Å². The number of rotatable bonds is 4. The lowest BCUT2D eigenvalue weighted by Gasteiger charge is -2.20. The number of ketones is 1. The minimum Gasteiger partial charge on any atom is -0.476 e. The number of fused-ring (bicyclic) bond motifs is 3. The molecule has 23 heavy (non-hydrogen) atoms. The molecule has 2 heterocycles. The maximum absolute atomic E-state index is 12.7. The third kappa shape index (κ3) is 2.61. The summed E-state index contributed by atoms with van der Waals surface area (Å²) < 4.78 is 1.63. The molecule has 0 aliphatic carbocycles. The lowest BCUT2D eigenvalue weighted by atomic mass is 10.1. The summed E-state index contributed by atoms with van der Waals surface area (Å²) in [5.41, 5.74) is 1.41. The van der Waals surface area contributed by atoms with Crippen molar-refractivity contribution in [2.45, 2.75) is 19.9 Å². The zero-order chi connectivity index (χ0) is 16.6. The Bertz CT molecular complexity index is 809. The minimum absolute atomic E-state index is 0.0257. The van der Waals surface area contributed by atoms with Gasteiger partial charge in [0.2, 0.25) is 0 Å². The lowest BCUT2D eigenvalue weighted by molar-refractivity contribution is -0.117. The SMILES string of the molecule is CC(=O)CCN1Cc2c(C(=O)O)ncn2-c2ccccc2C1=O. The van der Waals surface area contributed by atoms with Crippen LogP contribution in [0.2, 0.25) is 0 Å². The zero-order valence-electron chi connectivity index (χ0n) is 12.5. The lowest BCUT2D eigenvalue weighted by Crippen LogP contribution is -2.32. The highest BCUT2D eigenvalue weighted by atomic mass is 16.4. The van der Waals surface area contributed by atoms with E-state index in [0.29, 0.717) is 16.9 Å². The first-order valence-electron chi connectivity index (χ1n) is 7.16. The molecule has 7 heteroatoms. The number of para-hydroxylation sites is 1. The summed E-state index contributed by atoms with van der Waals surface area (Å²) in [6.45, 7) is 1.80. The molecule has 1 aromatic carbocycles. The molecule has 1 aromatic heterocycles. The Balaban J connectivity index is 2.13. The number of aromatic carboxylic acids is 1. The third-order valence-corrected chi connectivity index (χ3v) is 3.82. The van der Waals surface area contributed by atoms with Crippen molar-refractivity contribution in [3.05, 3.63) is 47.5 Å². The van der Waals surface area contributed by atoms with Gasteiger partial charge in [-0.15, -0.1) is 0 Å². The number of hydrogen-bond acceptors (Lipinski definition) is 4. The van der Waals surface area contributed by atoms with Crippen LogP contribution in [0.3, 0.4) is 0 Å². The molecule has 3 rings (SSSR count). The van der Waals surface area contributed by atoms with E-state index in [4.69, 9.17) is 0 Å². The summed E-state index contributed by atoms with van der Waals surface area (Å²) in [4.78, 5) is 40.8. The fraction of sp³-hybridized carbons (Fsp3) is 0.250. The molecule has 0 spiro atoms. The second-order valence-electron chi connectivity index (χ2n) is 5.41. The minimum atomic E-state index is -1.14. The monoisotopic (exact) mass is 313 g/mol. The van der Waals surface area contributed by atoms with Crippen molar-refractivity contribution < 1.29 is 19.5 Å². The Morgan fingerprint density at radius 1 is 1.30 bits per heavy atom. The Morgan fingerprint density at radius 2 is 2.04 bits per heavy atom. The van der Waals surface area contributed by atoms with Crippen LogP contribution in [0.25, 0.3) is 5.69 Å². The van der Waals surface area contributed by atoms with Gasteiger partial charge >= 0.3 is 5.97 Å². The van der Waals surface area contributed by atoms with Crippen LogP contribution in [0, 0.1) is 0 Å². The number of carbonyl (C=O) groups is 3. The number of hydrogen-bond donors (Lipinski definition) is 1. The van der Waals surface area contributed by atoms with Gasteiger partial charge in [0.15, 0.2) is 5.69 Å². The molecule has 2 aromatic rings. The highest BCUT2D eigenvalue weighted by Gasteiger charge is 2.29. The molecule has 1 aliphatic heterocycles. The van der Waals surface area contributed by atoms with Gasteiger partial charge in [-0.2, -0.15) is 0 Å². The first-order valence-corrected chi connectivity index (χ1v) is 7.16. The van der Waals surface area contributed by atoms with E-state index in [-0.39, 0.29) is 36.9 Å². The van der Waals surface area contributed by atoms with Crippen molar-refractivity contribution in [3.8, 4) is 5.69 Å². The Kier molecular flexibility index (Phi) is 3.69. The van der Waals surface area contributed by atoms with E-state index in [2.05, 4.69) is 4.98 Å². The van der Waals surface area contributed by atoms with E-state index in [1.807, 2.05) is 0 Å². The fourth-order valence-corrected chi connectivity index (χ4v) is 2.67. The van der Waals surface area contributed by atoms with Gasteiger partial charge in [0.1, 0.15) is 12.1 Å². The van der Waals surface area contributed by atoms with Crippen molar-refractivity contribution in [1.29, 1.82) is 0 Å². The summed E-state index contributed by atoms with van der Waals surface area (Å²) in [5.74, 6) is -1.39. The maximum Gasteiger partial charge on any atom is 0.356 e. The first kappa shape index (κ1) is 15.0. The Hall–Kier alpha value is -2.96. The second kappa shape index (κ2) is 5.68. The van der Waals surface area contributed by atoms with Crippen molar-refractivity contribution in [2.24, 2.45) is 0 Å². The number of aromatic nitrogens is 2. The molecule has 118 valence electrons. The van der Waals surface area contributed by atoms with Crippen LogP contribution in [0.1, 0.15) is 39.9 Å². The van der Waals surface area contributed by atoms with Crippen LogP contribution in [0.5, 0.6) is 0 Å². The first-order chi connectivity index (χ1) is 11.0. The molecule has 0 radical (unpaired) electrons. The van der Waals surface area contributed by atoms with E-state index in [1.54, 1.807) is 28.8 Å². The summed E-state index contributed by atoms with van der Waals surface area (Å²) in [7, 11) is 0. The average Bonchev–Trinajstić information content (AvgIpc) is 2.89. The summed E-state index contributed by atoms with van der Waals surface area (Å²) in [5, 5.41) is 9.31. The van der Waals surface area contributed by atoms with Gasteiger partial charge in [0, 0.05) is 13.0 Å². The van der Waals surface area contributed by atoms with Gasteiger partial charge in [-0.25, -0.2) is 9.78 Å². The number of nitrogens with zero attached hydrogens (tertiary/aromatic N) is 3. The highest BCUT2D eigenvalue weighted by Crippen LogP contribution is 2.26. The molecule has 0 bridgehead atoms. The molecule has 0 fully saturated rings. The predicted octanol–water partition coefficient (Wildman–Crippen LogP) is 1.51. The van der Waals surface area contributed by atoms with E-state index < -0.39 is 5.97 Å². The third-order valence-electron chi connectivity index (χ3n) is 3.82. The average molecular weight is 313 g/mol. The topological polar surface area (TPSA) is 92.5 Å². The summed E-state index contributed by atoms with van der Waals surface area (Å²) in [6.07, 6.45) is 1.64. The largest absolute Gasteiger partial charge is 0.476 e. The van der Waals surface area contributed by atoms with Crippen molar-refractivity contribution in [2.75, 3.05) is 6.54 Å². The van der Waals surface area contributed by atoms with Crippen LogP contribution in [-0.4, -0.2) is 43.8 Å². The number of Topliss-reactive ketones (excluding diaryl/α,β-unsaturated/α-hetero) is 1. The van der Waals surface area contributed by atoms with Gasteiger partial charge in [0.05, 0.1) is 23.5 Å². The van der Waals surface area contributed by atoms with Crippen LogP contribution < -0.4 is 0 Å². The van der Waals surface area contributed by atoms with Gasteiger partial charge in [0.25, 0.3) is 5.91 Å². The van der Waals surface area contributed by atoms with Gasteiger partial charge in [-0.3, -0.25) is 14.2 Å². The van der Waals surface area contributed by atoms with E-state index in [1.165, 1.54) is 18.2 Å². The van der Waals surface area contributed by atoms with Crippen LogP contribution in [-0.2, 0) is 11.3 Å². The smallest absolute Gasteiger partial charge is 0.356 e. The molecule has 1 amide bonds. The zero-order valence-corrected chi connectivity index (χ0v) is 12.5. The molecule has 1 aliphatic rings. The molecule has 1 N–H and O–H groups in total. The van der Waals surface area contributed by atoms with Crippen LogP contribution in [0.15, 0.2) is 30.6 Å². The van der Waals surface area contributed by atoms with E-state index in [9.17, 15) is 19.5 Å². The van der Waals surface area contributed by atoms with Gasteiger partial charge < -0.3 is 10.0 Å². The van der Waals surface area contributed by atoms with Gasteiger partial charge in [-0.1, -0.05) is 12.1 Å².